The highest BCUT2D eigenvalue weighted by Crippen LogP contribution is 2.44. The van der Waals surface area contributed by atoms with Gasteiger partial charge in [-0.2, -0.15) is 0 Å². The maximum absolute atomic E-state index is 12.1. The van der Waals surface area contributed by atoms with Gasteiger partial charge in [-0.1, -0.05) is 0 Å². The number of ether oxygens (including phenoxy) is 2. The van der Waals surface area contributed by atoms with Crippen LogP contribution in [0.3, 0.4) is 0 Å². The lowest BCUT2D eigenvalue weighted by Crippen LogP contribution is -2.47. The van der Waals surface area contributed by atoms with Crippen LogP contribution < -0.4 is 4.74 Å². The fraction of sp³-hybridized carbons (Fsp3) is 0.625. The molecule has 1 fully saturated rings. The first-order valence-corrected chi connectivity index (χ1v) is 7.46. The molecule has 0 aromatic carbocycles. The van der Waals surface area contributed by atoms with E-state index in [-0.39, 0.29) is 11.5 Å². The van der Waals surface area contributed by atoms with Crippen molar-refractivity contribution >= 4 is 6.09 Å². The topological polar surface area (TPSA) is 51.7 Å². The zero-order valence-corrected chi connectivity index (χ0v) is 12.9. The fourth-order valence-corrected chi connectivity index (χ4v) is 3.01. The first kappa shape index (κ1) is 14.2. The van der Waals surface area contributed by atoms with Crippen LogP contribution in [0.4, 0.5) is 4.79 Å². The Morgan fingerprint density at radius 3 is 2.76 bits per heavy atom. The molecule has 5 heteroatoms. The van der Waals surface area contributed by atoms with Gasteiger partial charge in [0.2, 0.25) is 0 Å². The third kappa shape index (κ3) is 2.69. The number of pyridine rings is 1. The van der Waals surface area contributed by atoms with Crippen molar-refractivity contribution in [3.8, 4) is 5.75 Å². The van der Waals surface area contributed by atoms with Crippen LogP contribution in [-0.2, 0) is 10.2 Å². The molecule has 1 spiro atoms. The Morgan fingerprint density at radius 1 is 1.38 bits per heavy atom. The van der Waals surface area contributed by atoms with E-state index >= 15 is 0 Å². The Balaban J connectivity index is 1.68. The first-order chi connectivity index (χ1) is 9.90. The normalized spacial score (nSPS) is 20.0. The molecule has 1 amide bonds. The van der Waals surface area contributed by atoms with Crippen LogP contribution in [0.25, 0.3) is 0 Å². The first-order valence-electron chi connectivity index (χ1n) is 7.46. The second-order valence-corrected chi connectivity index (χ2v) is 6.89. The van der Waals surface area contributed by atoms with E-state index in [1.165, 1.54) is 0 Å². The van der Waals surface area contributed by atoms with Gasteiger partial charge in [0.1, 0.15) is 11.4 Å². The number of piperidine rings is 1. The van der Waals surface area contributed by atoms with Crippen molar-refractivity contribution in [1.82, 2.24) is 9.88 Å². The molecule has 2 aliphatic heterocycles. The van der Waals surface area contributed by atoms with Crippen molar-refractivity contribution < 1.29 is 14.3 Å². The summed E-state index contributed by atoms with van der Waals surface area (Å²) < 4.78 is 11.2. The van der Waals surface area contributed by atoms with Crippen LogP contribution in [0, 0.1) is 0 Å². The summed E-state index contributed by atoms with van der Waals surface area (Å²) in [5.74, 6) is 0.892. The van der Waals surface area contributed by atoms with Crippen LogP contribution in [0.5, 0.6) is 5.75 Å². The van der Waals surface area contributed by atoms with Crippen molar-refractivity contribution in [2.24, 2.45) is 0 Å². The van der Waals surface area contributed by atoms with Gasteiger partial charge in [0.15, 0.2) is 0 Å². The summed E-state index contributed by atoms with van der Waals surface area (Å²) in [6.07, 6.45) is 3.33. The quantitative estimate of drug-likeness (QED) is 0.737. The molecule has 3 rings (SSSR count). The number of amides is 1. The van der Waals surface area contributed by atoms with Crippen molar-refractivity contribution in [2.45, 2.75) is 44.6 Å². The highest BCUT2D eigenvalue weighted by Gasteiger charge is 2.45. The molecule has 21 heavy (non-hydrogen) atoms. The summed E-state index contributed by atoms with van der Waals surface area (Å²) in [5, 5.41) is 0. The molecule has 0 aliphatic carbocycles. The molecule has 3 heterocycles. The number of nitrogens with zero attached hydrogens (tertiary/aromatic N) is 2. The van der Waals surface area contributed by atoms with Crippen LogP contribution in [0.15, 0.2) is 18.3 Å². The zero-order valence-electron chi connectivity index (χ0n) is 12.9. The molecule has 2 aliphatic rings. The number of aromatic nitrogens is 1. The van der Waals surface area contributed by atoms with E-state index in [0.29, 0.717) is 19.7 Å². The second-order valence-electron chi connectivity index (χ2n) is 6.89. The third-order valence-corrected chi connectivity index (χ3v) is 4.15. The summed E-state index contributed by atoms with van der Waals surface area (Å²) >= 11 is 0. The van der Waals surface area contributed by atoms with E-state index in [2.05, 4.69) is 4.98 Å². The van der Waals surface area contributed by atoms with Crippen molar-refractivity contribution in [2.75, 3.05) is 19.7 Å². The minimum atomic E-state index is -0.448. The van der Waals surface area contributed by atoms with E-state index in [0.717, 1.165) is 24.3 Å². The molecule has 5 nitrogen and oxygen atoms in total. The van der Waals surface area contributed by atoms with Gasteiger partial charge >= 0.3 is 6.09 Å². The van der Waals surface area contributed by atoms with E-state index in [9.17, 15) is 4.79 Å². The minimum absolute atomic E-state index is 0.0326. The summed E-state index contributed by atoms with van der Waals surface area (Å²) in [4.78, 5) is 18.4. The van der Waals surface area contributed by atoms with E-state index in [1.807, 2.05) is 39.1 Å². The molecular weight excluding hydrogens is 268 g/mol. The Bertz CT molecular complexity index is 543. The number of hydrogen-bond donors (Lipinski definition) is 0. The Morgan fingerprint density at radius 2 is 2.10 bits per heavy atom. The van der Waals surface area contributed by atoms with Gasteiger partial charge in [-0.25, -0.2) is 4.79 Å². The van der Waals surface area contributed by atoms with Gasteiger partial charge in [0.25, 0.3) is 0 Å². The summed E-state index contributed by atoms with van der Waals surface area (Å²) in [7, 11) is 0. The molecule has 1 aromatic rings. The monoisotopic (exact) mass is 290 g/mol. The third-order valence-electron chi connectivity index (χ3n) is 4.15. The number of rotatable bonds is 0. The molecule has 1 saturated heterocycles. The Labute approximate surface area is 125 Å². The molecular formula is C16H22N2O3. The Hall–Kier alpha value is -1.78. The zero-order chi connectivity index (χ0) is 15.1. The van der Waals surface area contributed by atoms with E-state index in [4.69, 9.17) is 9.47 Å². The van der Waals surface area contributed by atoms with Crippen LogP contribution in [0.1, 0.15) is 39.3 Å². The Kier molecular flexibility index (Phi) is 3.30. The van der Waals surface area contributed by atoms with E-state index < -0.39 is 5.60 Å². The van der Waals surface area contributed by atoms with Crippen molar-refractivity contribution in [3.63, 3.8) is 0 Å². The number of fused-ring (bicyclic) bond motifs is 2. The molecule has 114 valence electrons. The maximum atomic E-state index is 12.1. The van der Waals surface area contributed by atoms with Gasteiger partial charge in [-0.3, -0.25) is 4.98 Å². The second kappa shape index (κ2) is 4.90. The van der Waals surface area contributed by atoms with Gasteiger partial charge in [-0.15, -0.1) is 0 Å². The predicted molar refractivity (Wildman–Crippen MR) is 78.5 cm³/mol. The molecule has 0 bridgehead atoms. The van der Waals surface area contributed by atoms with Gasteiger partial charge in [0, 0.05) is 19.3 Å². The van der Waals surface area contributed by atoms with Gasteiger partial charge in [0.05, 0.1) is 17.7 Å². The van der Waals surface area contributed by atoms with Crippen molar-refractivity contribution in [3.05, 3.63) is 24.0 Å². The number of likely N-dealkylation sites (tertiary alicyclic amines) is 1. The fourth-order valence-electron chi connectivity index (χ4n) is 3.01. The molecule has 0 N–H and O–H groups in total. The van der Waals surface area contributed by atoms with Crippen LogP contribution >= 0.6 is 0 Å². The average molecular weight is 290 g/mol. The minimum Gasteiger partial charge on any atom is -0.491 e. The summed E-state index contributed by atoms with van der Waals surface area (Å²) in [6.45, 7) is 7.72. The lowest BCUT2D eigenvalue weighted by molar-refractivity contribution is 0.0150. The largest absolute Gasteiger partial charge is 0.491 e. The molecule has 0 unspecified atom stereocenters. The van der Waals surface area contributed by atoms with Crippen LogP contribution in [0.2, 0.25) is 0 Å². The summed E-state index contributed by atoms with van der Waals surface area (Å²) in [5.41, 5.74) is 0.570. The summed E-state index contributed by atoms with van der Waals surface area (Å²) in [6, 6.07) is 3.87. The molecule has 1 aromatic heterocycles. The van der Waals surface area contributed by atoms with E-state index in [1.54, 1.807) is 4.90 Å². The maximum Gasteiger partial charge on any atom is 0.410 e. The standard InChI is InChI=1S/C16H22N2O3/c1-15(2,3)21-14(19)18-9-6-16(7-10-18)11-20-12-5-4-8-17-13(12)16/h4-5,8H,6-7,9-11H2,1-3H3. The number of carbonyl (C=O) groups excluding carboxylic acids is 1. The smallest absolute Gasteiger partial charge is 0.410 e. The molecule has 0 radical (unpaired) electrons. The number of hydrogen-bond acceptors (Lipinski definition) is 4. The molecule has 0 saturated carbocycles. The van der Waals surface area contributed by atoms with Gasteiger partial charge in [-0.05, 0) is 45.7 Å². The lowest BCUT2D eigenvalue weighted by atomic mass is 9.77. The molecule has 0 atom stereocenters. The number of carbonyl (C=O) groups is 1. The SMILES string of the molecule is CC(C)(C)OC(=O)N1CCC2(CC1)COc1cccnc12. The van der Waals surface area contributed by atoms with Crippen molar-refractivity contribution in [1.29, 1.82) is 0 Å². The predicted octanol–water partition coefficient (Wildman–Crippen LogP) is 2.74. The highest BCUT2D eigenvalue weighted by molar-refractivity contribution is 5.68. The average Bonchev–Trinajstić information content (AvgIpc) is 2.77. The highest BCUT2D eigenvalue weighted by atomic mass is 16.6. The lowest BCUT2D eigenvalue weighted by Gasteiger charge is -2.38. The van der Waals surface area contributed by atoms with Crippen LogP contribution in [-0.4, -0.2) is 41.3 Å². The van der Waals surface area contributed by atoms with Gasteiger partial charge < -0.3 is 14.4 Å².